The van der Waals surface area contributed by atoms with E-state index < -0.39 is 0 Å². The summed E-state index contributed by atoms with van der Waals surface area (Å²) in [4.78, 5) is 13.8. The van der Waals surface area contributed by atoms with Crippen molar-refractivity contribution < 1.29 is 4.79 Å². The fourth-order valence-corrected chi connectivity index (χ4v) is 2.00. The standard InChI is InChI=1S/C9H12ClNOS/c1-7(12)11(2)6-5-8-3-4-9(10)13-8/h3-4H,5-6H2,1-2H3. The molecule has 13 heavy (non-hydrogen) atoms. The van der Waals surface area contributed by atoms with Crippen LogP contribution in [0.2, 0.25) is 4.34 Å². The average Bonchev–Trinajstić information content (AvgIpc) is 2.47. The van der Waals surface area contributed by atoms with Crippen molar-refractivity contribution in [1.29, 1.82) is 0 Å². The summed E-state index contributed by atoms with van der Waals surface area (Å²) in [5, 5.41) is 0. The first kappa shape index (κ1) is 10.5. The summed E-state index contributed by atoms with van der Waals surface area (Å²) in [5.74, 6) is 0.0997. The minimum Gasteiger partial charge on any atom is -0.346 e. The molecule has 4 heteroatoms. The SMILES string of the molecule is CC(=O)N(C)CCc1ccc(Cl)s1. The second-order valence-electron chi connectivity index (χ2n) is 2.90. The second-order valence-corrected chi connectivity index (χ2v) is 4.70. The highest BCUT2D eigenvalue weighted by molar-refractivity contribution is 7.16. The molecule has 0 unspecified atom stereocenters. The maximum Gasteiger partial charge on any atom is 0.219 e. The zero-order chi connectivity index (χ0) is 9.84. The van der Waals surface area contributed by atoms with Gasteiger partial charge in [-0.3, -0.25) is 4.79 Å². The maximum absolute atomic E-state index is 10.9. The van der Waals surface area contributed by atoms with E-state index in [1.54, 1.807) is 30.2 Å². The summed E-state index contributed by atoms with van der Waals surface area (Å²) < 4.78 is 0.806. The number of carbonyl (C=O) groups excluding carboxylic acids is 1. The van der Waals surface area contributed by atoms with E-state index in [2.05, 4.69) is 0 Å². The maximum atomic E-state index is 10.9. The topological polar surface area (TPSA) is 20.3 Å². The Morgan fingerprint density at radius 3 is 2.77 bits per heavy atom. The molecule has 1 rings (SSSR count). The highest BCUT2D eigenvalue weighted by atomic mass is 35.5. The van der Waals surface area contributed by atoms with Gasteiger partial charge >= 0.3 is 0 Å². The number of amides is 1. The summed E-state index contributed by atoms with van der Waals surface area (Å²) in [5.41, 5.74) is 0. The van der Waals surface area contributed by atoms with Gasteiger partial charge in [-0.1, -0.05) is 11.6 Å². The highest BCUT2D eigenvalue weighted by Crippen LogP contribution is 2.21. The van der Waals surface area contributed by atoms with Crippen LogP contribution in [0.4, 0.5) is 0 Å². The normalized spacial score (nSPS) is 10.1. The third-order valence-corrected chi connectivity index (χ3v) is 3.15. The molecule has 0 saturated carbocycles. The molecule has 72 valence electrons. The number of likely N-dealkylation sites (N-methyl/N-ethyl adjacent to an activating group) is 1. The predicted octanol–water partition coefficient (Wildman–Crippen LogP) is 2.42. The molecule has 0 fully saturated rings. The molecule has 0 aliphatic rings. The Bertz CT molecular complexity index is 298. The van der Waals surface area contributed by atoms with Crippen molar-refractivity contribution in [1.82, 2.24) is 4.90 Å². The zero-order valence-electron chi connectivity index (χ0n) is 7.71. The lowest BCUT2D eigenvalue weighted by Crippen LogP contribution is -2.25. The Labute approximate surface area is 87.1 Å². The summed E-state index contributed by atoms with van der Waals surface area (Å²) >= 11 is 7.35. The van der Waals surface area contributed by atoms with Crippen molar-refractivity contribution in [3.8, 4) is 0 Å². The van der Waals surface area contributed by atoms with Crippen LogP contribution in [0, 0.1) is 0 Å². The number of halogens is 1. The van der Waals surface area contributed by atoms with E-state index in [-0.39, 0.29) is 5.91 Å². The van der Waals surface area contributed by atoms with Gasteiger partial charge in [0.25, 0.3) is 0 Å². The smallest absolute Gasteiger partial charge is 0.219 e. The fourth-order valence-electron chi connectivity index (χ4n) is 0.921. The molecule has 0 N–H and O–H groups in total. The second kappa shape index (κ2) is 4.63. The monoisotopic (exact) mass is 217 g/mol. The Morgan fingerprint density at radius 2 is 2.31 bits per heavy atom. The van der Waals surface area contributed by atoms with Gasteiger partial charge in [-0.15, -0.1) is 11.3 Å². The third kappa shape index (κ3) is 3.36. The van der Waals surface area contributed by atoms with Crippen LogP contribution in [0.1, 0.15) is 11.8 Å². The summed E-state index contributed by atoms with van der Waals surface area (Å²) in [7, 11) is 1.80. The van der Waals surface area contributed by atoms with Gasteiger partial charge in [0.2, 0.25) is 5.91 Å². The minimum atomic E-state index is 0.0997. The molecule has 1 amide bonds. The van der Waals surface area contributed by atoms with Gasteiger partial charge in [0, 0.05) is 25.4 Å². The Morgan fingerprint density at radius 1 is 1.62 bits per heavy atom. The molecule has 0 aliphatic heterocycles. The summed E-state index contributed by atoms with van der Waals surface area (Å²) in [6, 6.07) is 3.89. The van der Waals surface area contributed by atoms with Gasteiger partial charge in [-0.05, 0) is 18.6 Å². The van der Waals surface area contributed by atoms with Crippen LogP contribution in [0.5, 0.6) is 0 Å². The zero-order valence-corrected chi connectivity index (χ0v) is 9.28. The van der Waals surface area contributed by atoms with Gasteiger partial charge in [0.05, 0.1) is 4.34 Å². The van der Waals surface area contributed by atoms with Crippen LogP contribution in [0.25, 0.3) is 0 Å². The number of hydrogen-bond acceptors (Lipinski definition) is 2. The summed E-state index contributed by atoms with van der Waals surface area (Å²) in [6.45, 7) is 2.33. The third-order valence-electron chi connectivity index (χ3n) is 1.86. The molecule has 0 radical (unpaired) electrons. The van der Waals surface area contributed by atoms with Crippen molar-refractivity contribution >= 4 is 28.8 Å². The number of rotatable bonds is 3. The van der Waals surface area contributed by atoms with E-state index in [4.69, 9.17) is 11.6 Å². The van der Waals surface area contributed by atoms with E-state index in [0.717, 1.165) is 17.3 Å². The van der Waals surface area contributed by atoms with Crippen molar-refractivity contribution in [2.24, 2.45) is 0 Å². The molecule has 1 aromatic rings. The molecule has 1 heterocycles. The van der Waals surface area contributed by atoms with Crippen LogP contribution < -0.4 is 0 Å². The van der Waals surface area contributed by atoms with Crippen molar-refractivity contribution in [2.75, 3.05) is 13.6 Å². The molecule has 0 aliphatic carbocycles. The van der Waals surface area contributed by atoms with Gasteiger partial charge in [0.15, 0.2) is 0 Å². The lowest BCUT2D eigenvalue weighted by molar-refractivity contribution is -0.127. The molecule has 0 saturated heterocycles. The largest absolute Gasteiger partial charge is 0.346 e. The molecule has 0 aromatic carbocycles. The van der Waals surface area contributed by atoms with Gasteiger partial charge < -0.3 is 4.90 Å². The first-order valence-electron chi connectivity index (χ1n) is 4.05. The van der Waals surface area contributed by atoms with Crippen LogP contribution in [-0.4, -0.2) is 24.4 Å². The molecule has 1 aromatic heterocycles. The molecule has 0 spiro atoms. The first-order valence-corrected chi connectivity index (χ1v) is 5.25. The quantitative estimate of drug-likeness (QED) is 0.762. The van der Waals surface area contributed by atoms with Crippen LogP contribution >= 0.6 is 22.9 Å². The molecular weight excluding hydrogens is 206 g/mol. The lowest BCUT2D eigenvalue weighted by Gasteiger charge is -2.13. The van der Waals surface area contributed by atoms with E-state index in [0.29, 0.717) is 0 Å². The highest BCUT2D eigenvalue weighted by Gasteiger charge is 2.03. The number of carbonyl (C=O) groups is 1. The first-order chi connectivity index (χ1) is 6.09. The van der Waals surface area contributed by atoms with E-state index in [1.165, 1.54) is 4.88 Å². The van der Waals surface area contributed by atoms with Gasteiger partial charge in [0.1, 0.15) is 0 Å². The Hall–Kier alpha value is -0.540. The number of thiophene rings is 1. The van der Waals surface area contributed by atoms with Crippen molar-refractivity contribution in [3.05, 3.63) is 21.3 Å². The van der Waals surface area contributed by atoms with E-state index in [1.807, 2.05) is 12.1 Å². The van der Waals surface area contributed by atoms with Crippen molar-refractivity contribution in [2.45, 2.75) is 13.3 Å². The minimum absolute atomic E-state index is 0.0997. The fraction of sp³-hybridized carbons (Fsp3) is 0.444. The lowest BCUT2D eigenvalue weighted by atomic mass is 10.3. The van der Waals surface area contributed by atoms with Gasteiger partial charge in [-0.2, -0.15) is 0 Å². The molecule has 0 atom stereocenters. The molecule has 0 bridgehead atoms. The van der Waals surface area contributed by atoms with Crippen LogP contribution in [-0.2, 0) is 11.2 Å². The average molecular weight is 218 g/mol. The predicted molar refractivity (Wildman–Crippen MR) is 56.3 cm³/mol. The molecular formula is C9H12ClNOS. The van der Waals surface area contributed by atoms with Crippen LogP contribution in [0.3, 0.4) is 0 Å². The number of hydrogen-bond donors (Lipinski definition) is 0. The van der Waals surface area contributed by atoms with E-state index in [9.17, 15) is 4.79 Å². The summed E-state index contributed by atoms with van der Waals surface area (Å²) in [6.07, 6.45) is 0.882. The van der Waals surface area contributed by atoms with Crippen molar-refractivity contribution in [3.63, 3.8) is 0 Å². The Kier molecular flexibility index (Phi) is 3.75. The van der Waals surface area contributed by atoms with E-state index >= 15 is 0 Å². The van der Waals surface area contributed by atoms with Gasteiger partial charge in [-0.25, -0.2) is 0 Å². The van der Waals surface area contributed by atoms with Crippen LogP contribution in [0.15, 0.2) is 12.1 Å². The Balaban J connectivity index is 2.39. The number of nitrogens with zero attached hydrogens (tertiary/aromatic N) is 1. The molecule has 2 nitrogen and oxygen atoms in total.